The van der Waals surface area contributed by atoms with Crippen molar-refractivity contribution in [2.45, 2.75) is 52.0 Å². The summed E-state index contributed by atoms with van der Waals surface area (Å²) in [5.41, 5.74) is 3.09. The van der Waals surface area contributed by atoms with E-state index in [1.165, 1.54) is 12.0 Å². The lowest BCUT2D eigenvalue weighted by Gasteiger charge is -2.36. The van der Waals surface area contributed by atoms with E-state index in [1.807, 2.05) is 30.9 Å². The van der Waals surface area contributed by atoms with Gasteiger partial charge in [0, 0.05) is 24.9 Å². The number of aromatic nitrogens is 2. The van der Waals surface area contributed by atoms with Gasteiger partial charge in [-0.15, -0.1) is 0 Å². The van der Waals surface area contributed by atoms with Gasteiger partial charge in [0.15, 0.2) is 0 Å². The summed E-state index contributed by atoms with van der Waals surface area (Å²) < 4.78 is 0. The predicted molar refractivity (Wildman–Crippen MR) is 104 cm³/mol. The van der Waals surface area contributed by atoms with E-state index in [2.05, 4.69) is 21.4 Å². The molecule has 1 atom stereocenters. The largest absolute Gasteiger partial charge is 0.346 e. The molecule has 4 rings (SSSR count). The second-order valence-corrected chi connectivity index (χ2v) is 8.10. The Labute approximate surface area is 159 Å². The van der Waals surface area contributed by atoms with E-state index in [9.17, 15) is 9.59 Å². The van der Waals surface area contributed by atoms with Crippen LogP contribution in [0.3, 0.4) is 0 Å². The van der Waals surface area contributed by atoms with Crippen LogP contribution in [0.2, 0.25) is 0 Å². The van der Waals surface area contributed by atoms with Gasteiger partial charge >= 0.3 is 0 Å². The molecule has 1 aliphatic carbocycles. The molecule has 0 radical (unpaired) electrons. The zero-order chi connectivity index (χ0) is 19.0. The molecule has 6 nitrogen and oxygen atoms in total. The Bertz CT molecular complexity index is 847. The van der Waals surface area contributed by atoms with E-state index >= 15 is 0 Å². The number of hydrogen-bond acceptors (Lipinski definition) is 3. The van der Waals surface area contributed by atoms with Crippen LogP contribution in [0.4, 0.5) is 0 Å². The summed E-state index contributed by atoms with van der Waals surface area (Å²) in [6, 6.07) is 5.93. The molecule has 0 bridgehead atoms. The van der Waals surface area contributed by atoms with Crippen molar-refractivity contribution >= 4 is 22.8 Å². The van der Waals surface area contributed by atoms with Crippen molar-refractivity contribution in [1.29, 1.82) is 0 Å². The summed E-state index contributed by atoms with van der Waals surface area (Å²) >= 11 is 0. The molecule has 2 amide bonds. The van der Waals surface area contributed by atoms with Crippen LogP contribution in [-0.2, 0) is 9.59 Å². The molecule has 0 unspecified atom stereocenters. The third kappa shape index (κ3) is 3.70. The number of imidazole rings is 1. The maximum atomic E-state index is 12.7. The van der Waals surface area contributed by atoms with E-state index in [0.717, 1.165) is 42.5 Å². The van der Waals surface area contributed by atoms with E-state index in [1.54, 1.807) is 0 Å². The number of benzene rings is 1. The number of likely N-dealkylation sites (tertiary alicyclic amines) is 1. The number of carbonyl (C=O) groups is 2. The van der Waals surface area contributed by atoms with Crippen LogP contribution in [0.15, 0.2) is 18.2 Å². The van der Waals surface area contributed by atoms with Crippen molar-refractivity contribution in [3.05, 3.63) is 29.6 Å². The molecule has 2 fully saturated rings. The van der Waals surface area contributed by atoms with Gasteiger partial charge in [0.05, 0.1) is 17.1 Å². The van der Waals surface area contributed by atoms with Crippen molar-refractivity contribution in [3.8, 4) is 0 Å². The number of carbonyl (C=O) groups excluding carboxylic acids is 2. The molecular formula is C21H28N4O2. The fourth-order valence-corrected chi connectivity index (χ4v) is 4.02. The Hall–Kier alpha value is -2.37. The molecule has 0 spiro atoms. The number of piperidine rings is 1. The Balaban J connectivity index is 1.32. The maximum absolute atomic E-state index is 12.7. The number of amides is 2. The summed E-state index contributed by atoms with van der Waals surface area (Å²) in [5, 5.41) is 3.09. The molecule has 1 saturated carbocycles. The van der Waals surface area contributed by atoms with Crippen LogP contribution >= 0.6 is 0 Å². The average molecular weight is 368 g/mol. The Morgan fingerprint density at radius 2 is 1.93 bits per heavy atom. The number of rotatable bonds is 4. The first-order chi connectivity index (χ1) is 13.0. The molecule has 2 N–H and O–H groups in total. The smallest absolute Gasteiger partial charge is 0.225 e. The van der Waals surface area contributed by atoms with E-state index < -0.39 is 0 Å². The Morgan fingerprint density at radius 3 is 2.59 bits per heavy atom. The first-order valence-corrected chi connectivity index (χ1v) is 10.1. The number of nitrogens with one attached hydrogen (secondary N) is 2. The lowest BCUT2D eigenvalue weighted by Crippen LogP contribution is -2.46. The van der Waals surface area contributed by atoms with Crippen molar-refractivity contribution in [3.63, 3.8) is 0 Å². The first-order valence-electron chi connectivity index (χ1n) is 10.1. The van der Waals surface area contributed by atoms with Crippen LogP contribution in [0.1, 0.15) is 56.5 Å². The van der Waals surface area contributed by atoms with Crippen LogP contribution in [0, 0.1) is 18.8 Å². The lowest BCUT2D eigenvalue weighted by molar-refractivity contribution is -0.141. The maximum Gasteiger partial charge on any atom is 0.225 e. The Morgan fingerprint density at radius 1 is 1.19 bits per heavy atom. The quantitative estimate of drug-likeness (QED) is 0.870. The normalized spacial score (nSPS) is 19.7. The molecule has 1 aromatic carbocycles. The molecular weight excluding hydrogens is 340 g/mol. The summed E-state index contributed by atoms with van der Waals surface area (Å²) in [4.78, 5) is 34.9. The van der Waals surface area contributed by atoms with Crippen molar-refractivity contribution in [2.75, 3.05) is 13.1 Å². The molecule has 1 aromatic heterocycles. The van der Waals surface area contributed by atoms with Crippen LogP contribution in [0.25, 0.3) is 11.0 Å². The van der Waals surface area contributed by atoms with Crippen molar-refractivity contribution in [1.82, 2.24) is 20.2 Å². The summed E-state index contributed by atoms with van der Waals surface area (Å²) in [6.07, 6.45) is 4.74. The minimum atomic E-state index is -0.167. The lowest BCUT2D eigenvalue weighted by atomic mass is 9.83. The number of hydrogen-bond donors (Lipinski definition) is 2. The SMILES string of the molecule is Cc1ccc2nc([C@@H](C)NC(=O)C3CCN(C(=O)C4CCC4)CC3)[nH]c2c1. The second-order valence-electron chi connectivity index (χ2n) is 8.10. The number of H-pyrrole nitrogens is 1. The summed E-state index contributed by atoms with van der Waals surface area (Å²) in [5.74, 6) is 1.36. The molecule has 2 aromatic rings. The topological polar surface area (TPSA) is 78.1 Å². The standard InChI is InChI=1S/C21H28N4O2/c1-13-6-7-17-18(12-13)24-19(23-17)14(2)22-20(26)15-8-10-25(11-9-15)21(27)16-4-3-5-16/h6-7,12,14-16H,3-5,8-11H2,1-2H3,(H,22,26)(H,23,24)/t14-/m1/s1. The van der Waals surface area contributed by atoms with Crippen LogP contribution < -0.4 is 5.32 Å². The summed E-state index contributed by atoms with van der Waals surface area (Å²) in [7, 11) is 0. The van der Waals surface area contributed by atoms with Gasteiger partial charge in [-0.05, 0) is 57.2 Å². The van der Waals surface area contributed by atoms with Crippen molar-refractivity contribution < 1.29 is 9.59 Å². The number of aryl methyl sites for hydroxylation is 1. The third-order valence-electron chi connectivity index (χ3n) is 6.06. The first kappa shape index (κ1) is 18.0. The van der Waals surface area contributed by atoms with Gasteiger partial charge in [-0.2, -0.15) is 0 Å². The van der Waals surface area contributed by atoms with Gasteiger partial charge in [0.25, 0.3) is 0 Å². The molecule has 2 aliphatic rings. The highest BCUT2D eigenvalue weighted by Crippen LogP contribution is 2.30. The van der Waals surface area contributed by atoms with Crippen LogP contribution in [-0.4, -0.2) is 39.8 Å². The predicted octanol–water partition coefficient (Wildman–Crippen LogP) is 3.09. The molecule has 27 heavy (non-hydrogen) atoms. The van der Waals surface area contributed by atoms with Crippen LogP contribution in [0.5, 0.6) is 0 Å². The highest BCUT2D eigenvalue weighted by Gasteiger charge is 2.33. The van der Waals surface area contributed by atoms with Gasteiger partial charge in [-0.3, -0.25) is 9.59 Å². The molecule has 1 aliphatic heterocycles. The third-order valence-corrected chi connectivity index (χ3v) is 6.06. The second kappa shape index (κ2) is 7.33. The molecule has 2 heterocycles. The number of aromatic amines is 1. The Kier molecular flexibility index (Phi) is 4.89. The van der Waals surface area contributed by atoms with Gasteiger partial charge in [-0.1, -0.05) is 12.5 Å². The highest BCUT2D eigenvalue weighted by atomic mass is 16.2. The zero-order valence-corrected chi connectivity index (χ0v) is 16.1. The van der Waals surface area contributed by atoms with E-state index in [0.29, 0.717) is 19.0 Å². The van der Waals surface area contributed by atoms with Gasteiger partial charge in [0.1, 0.15) is 5.82 Å². The average Bonchev–Trinajstić information content (AvgIpc) is 3.03. The highest BCUT2D eigenvalue weighted by molar-refractivity contribution is 5.82. The van der Waals surface area contributed by atoms with Gasteiger partial charge in [-0.25, -0.2) is 4.98 Å². The van der Waals surface area contributed by atoms with Crippen molar-refractivity contribution in [2.24, 2.45) is 11.8 Å². The van der Waals surface area contributed by atoms with Gasteiger partial charge < -0.3 is 15.2 Å². The van der Waals surface area contributed by atoms with E-state index in [-0.39, 0.29) is 23.8 Å². The molecule has 1 saturated heterocycles. The zero-order valence-electron chi connectivity index (χ0n) is 16.1. The minimum absolute atomic E-state index is 0.0236. The molecule has 6 heteroatoms. The van der Waals surface area contributed by atoms with E-state index in [4.69, 9.17) is 0 Å². The fourth-order valence-electron chi connectivity index (χ4n) is 4.02. The molecule has 144 valence electrons. The monoisotopic (exact) mass is 368 g/mol. The number of nitrogens with zero attached hydrogens (tertiary/aromatic N) is 2. The minimum Gasteiger partial charge on any atom is -0.346 e. The fraction of sp³-hybridized carbons (Fsp3) is 0.571. The van der Waals surface area contributed by atoms with Gasteiger partial charge in [0.2, 0.25) is 11.8 Å². The summed E-state index contributed by atoms with van der Waals surface area (Å²) in [6.45, 7) is 5.41. The number of fused-ring (bicyclic) bond motifs is 1.